The lowest BCUT2D eigenvalue weighted by molar-refractivity contribution is 0.0886. The predicted molar refractivity (Wildman–Crippen MR) is 72.4 cm³/mol. The molecule has 0 heterocycles. The fourth-order valence-electron chi connectivity index (χ4n) is 1.97. The smallest absolute Gasteiger partial charge is 0.167 e. The summed E-state index contributed by atoms with van der Waals surface area (Å²) in [4.78, 5) is 12.3. The average molecular weight is 233 g/mol. The third kappa shape index (κ3) is 3.67. The molecule has 0 saturated carbocycles. The lowest BCUT2D eigenvalue weighted by atomic mass is 9.87. The van der Waals surface area contributed by atoms with Gasteiger partial charge < -0.3 is 5.32 Å². The minimum atomic E-state index is 0.0625. The summed E-state index contributed by atoms with van der Waals surface area (Å²) < 4.78 is 0. The van der Waals surface area contributed by atoms with Crippen molar-refractivity contribution in [3.8, 4) is 0 Å². The molecule has 0 aromatic heterocycles. The number of hydrogen-bond acceptors (Lipinski definition) is 2. The third-order valence-electron chi connectivity index (χ3n) is 3.21. The number of carbonyl (C=O) groups excluding carboxylic acids is 1. The van der Waals surface area contributed by atoms with Crippen LogP contribution in [0.2, 0.25) is 0 Å². The van der Waals surface area contributed by atoms with Gasteiger partial charge in [0, 0.05) is 18.0 Å². The van der Waals surface area contributed by atoms with Crippen molar-refractivity contribution >= 4 is 5.78 Å². The molecule has 2 heteroatoms. The van der Waals surface area contributed by atoms with Crippen molar-refractivity contribution in [2.24, 2.45) is 11.8 Å². The maximum atomic E-state index is 12.3. The number of aryl methyl sites for hydroxylation is 1. The first-order valence-electron chi connectivity index (χ1n) is 6.37. The minimum absolute atomic E-state index is 0.0625. The fraction of sp³-hybridized carbons (Fsp3) is 0.533. The van der Waals surface area contributed by atoms with E-state index in [-0.39, 0.29) is 11.7 Å². The normalized spacial score (nSPS) is 12.8. The van der Waals surface area contributed by atoms with Crippen LogP contribution in [0, 0.1) is 11.8 Å². The van der Waals surface area contributed by atoms with Crippen LogP contribution in [0.15, 0.2) is 24.3 Å². The maximum absolute atomic E-state index is 12.3. The van der Waals surface area contributed by atoms with Crippen molar-refractivity contribution in [2.45, 2.75) is 27.2 Å². The quantitative estimate of drug-likeness (QED) is 0.765. The Hall–Kier alpha value is -1.15. The molecule has 0 fully saturated rings. The maximum Gasteiger partial charge on any atom is 0.167 e. The van der Waals surface area contributed by atoms with E-state index >= 15 is 0 Å². The van der Waals surface area contributed by atoms with Crippen LogP contribution in [-0.4, -0.2) is 19.4 Å². The van der Waals surface area contributed by atoms with Gasteiger partial charge in [-0.1, -0.05) is 45.0 Å². The van der Waals surface area contributed by atoms with E-state index in [1.54, 1.807) is 0 Å². The zero-order chi connectivity index (χ0) is 12.8. The summed E-state index contributed by atoms with van der Waals surface area (Å²) in [7, 11) is 1.89. The first kappa shape index (κ1) is 13.9. The number of ketones is 1. The molecule has 0 aliphatic rings. The summed E-state index contributed by atoms with van der Waals surface area (Å²) in [5.74, 6) is 0.672. The van der Waals surface area contributed by atoms with Gasteiger partial charge in [0.05, 0.1) is 0 Å². The SMILES string of the molecule is CCc1ccc(C(=O)C(CNC)C(C)C)cc1. The first-order valence-corrected chi connectivity index (χ1v) is 6.37. The van der Waals surface area contributed by atoms with E-state index in [4.69, 9.17) is 0 Å². The molecule has 0 saturated heterocycles. The third-order valence-corrected chi connectivity index (χ3v) is 3.21. The van der Waals surface area contributed by atoms with Gasteiger partial charge in [0.2, 0.25) is 0 Å². The zero-order valence-corrected chi connectivity index (χ0v) is 11.3. The van der Waals surface area contributed by atoms with Crippen LogP contribution in [-0.2, 0) is 6.42 Å². The number of benzene rings is 1. The van der Waals surface area contributed by atoms with Crippen LogP contribution in [0.4, 0.5) is 0 Å². The predicted octanol–water partition coefficient (Wildman–Crippen LogP) is 2.92. The van der Waals surface area contributed by atoms with Gasteiger partial charge in [0.25, 0.3) is 0 Å². The van der Waals surface area contributed by atoms with Crippen LogP contribution >= 0.6 is 0 Å². The monoisotopic (exact) mass is 233 g/mol. The average Bonchev–Trinajstić information content (AvgIpc) is 2.35. The van der Waals surface area contributed by atoms with Gasteiger partial charge in [-0.25, -0.2) is 0 Å². The Kier molecular flexibility index (Phi) is 5.36. The summed E-state index contributed by atoms with van der Waals surface area (Å²) in [6, 6.07) is 7.99. The second kappa shape index (κ2) is 6.55. The van der Waals surface area contributed by atoms with Crippen LogP contribution in [0.5, 0.6) is 0 Å². The lowest BCUT2D eigenvalue weighted by Crippen LogP contribution is -2.30. The molecule has 1 N–H and O–H groups in total. The molecule has 1 aromatic carbocycles. The molecule has 0 amide bonds. The molecule has 0 aliphatic carbocycles. The summed E-state index contributed by atoms with van der Waals surface area (Å²) in [6.07, 6.45) is 1.01. The summed E-state index contributed by atoms with van der Waals surface area (Å²) in [5, 5.41) is 3.10. The number of carbonyl (C=O) groups is 1. The summed E-state index contributed by atoms with van der Waals surface area (Å²) in [6.45, 7) is 7.06. The summed E-state index contributed by atoms with van der Waals surface area (Å²) >= 11 is 0. The van der Waals surface area contributed by atoms with Gasteiger partial charge in [0.15, 0.2) is 5.78 Å². The molecule has 2 nitrogen and oxygen atoms in total. The van der Waals surface area contributed by atoms with Crippen LogP contribution in [0.25, 0.3) is 0 Å². The van der Waals surface area contributed by atoms with Gasteiger partial charge >= 0.3 is 0 Å². The Morgan fingerprint density at radius 2 is 1.82 bits per heavy atom. The van der Waals surface area contributed by atoms with Crippen molar-refractivity contribution in [3.05, 3.63) is 35.4 Å². The van der Waals surface area contributed by atoms with E-state index in [1.807, 2.05) is 31.3 Å². The minimum Gasteiger partial charge on any atom is -0.319 e. The van der Waals surface area contributed by atoms with E-state index < -0.39 is 0 Å². The van der Waals surface area contributed by atoms with E-state index in [1.165, 1.54) is 5.56 Å². The first-order chi connectivity index (χ1) is 8.10. The van der Waals surface area contributed by atoms with Crippen LogP contribution in [0.3, 0.4) is 0 Å². The molecule has 1 aromatic rings. The van der Waals surface area contributed by atoms with Gasteiger partial charge in [-0.15, -0.1) is 0 Å². The molecule has 1 atom stereocenters. The Bertz CT molecular complexity index is 354. The van der Waals surface area contributed by atoms with E-state index in [0.717, 1.165) is 18.5 Å². The number of Topliss-reactive ketones (excluding diaryl/α,β-unsaturated/α-hetero) is 1. The Labute approximate surface area is 104 Å². The molecule has 0 bridgehead atoms. The molecular weight excluding hydrogens is 210 g/mol. The van der Waals surface area contributed by atoms with E-state index in [0.29, 0.717) is 5.92 Å². The molecule has 17 heavy (non-hydrogen) atoms. The van der Waals surface area contributed by atoms with Gasteiger partial charge in [-0.05, 0) is 24.9 Å². The van der Waals surface area contributed by atoms with Gasteiger partial charge in [-0.3, -0.25) is 4.79 Å². The molecule has 1 rings (SSSR count). The molecule has 1 unspecified atom stereocenters. The van der Waals surface area contributed by atoms with Crippen molar-refractivity contribution in [3.63, 3.8) is 0 Å². The Morgan fingerprint density at radius 1 is 1.24 bits per heavy atom. The van der Waals surface area contributed by atoms with Crippen molar-refractivity contribution in [1.82, 2.24) is 5.32 Å². The highest BCUT2D eigenvalue weighted by atomic mass is 16.1. The van der Waals surface area contributed by atoms with Crippen LogP contribution in [0.1, 0.15) is 36.7 Å². The van der Waals surface area contributed by atoms with Gasteiger partial charge in [0.1, 0.15) is 0 Å². The van der Waals surface area contributed by atoms with Crippen LogP contribution < -0.4 is 5.32 Å². The highest BCUT2D eigenvalue weighted by Gasteiger charge is 2.22. The van der Waals surface area contributed by atoms with Gasteiger partial charge in [-0.2, -0.15) is 0 Å². The number of nitrogens with one attached hydrogen (secondary N) is 1. The number of rotatable bonds is 6. The number of hydrogen-bond donors (Lipinski definition) is 1. The Morgan fingerprint density at radius 3 is 2.24 bits per heavy atom. The molecule has 0 spiro atoms. The molecule has 0 radical (unpaired) electrons. The zero-order valence-electron chi connectivity index (χ0n) is 11.3. The van der Waals surface area contributed by atoms with E-state index in [9.17, 15) is 4.79 Å². The second-order valence-electron chi connectivity index (χ2n) is 4.82. The van der Waals surface area contributed by atoms with Crippen molar-refractivity contribution in [2.75, 3.05) is 13.6 Å². The van der Waals surface area contributed by atoms with E-state index in [2.05, 4.69) is 26.1 Å². The fourth-order valence-corrected chi connectivity index (χ4v) is 1.97. The van der Waals surface area contributed by atoms with Crippen molar-refractivity contribution in [1.29, 1.82) is 0 Å². The molecule has 94 valence electrons. The second-order valence-corrected chi connectivity index (χ2v) is 4.82. The molecular formula is C15H23NO. The molecule has 0 aliphatic heterocycles. The Balaban J connectivity index is 2.85. The highest BCUT2D eigenvalue weighted by molar-refractivity contribution is 5.98. The largest absolute Gasteiger partial charge is 0.319 e. The summed E-state index contributed by atoms with van der Waals surface area (Å²) in [5.41, 5.74) is 2.10. The lowest BCUT2D eigenvalue weighted by Gasteiger charge is -2.19. The topological polar surface area (TPSA) is 29.1 Å². The standard InChI is InChI=1S/C15H23NO/c1-5-12-6-8-13(9-7-12)15(17)14(10-16-4)11(2)3/h6-9,11,14,16H,5,10H2,1-4H3. The highest BCUT2D eigenvalue weighted by Crippen LogP contribution is 2.17. The van der Waals surface area contributed by atoms with Crippen molar-refractivity contribution < 1.29 is 4.79 Å².